The molecule has 1 aliphatic heterocycles. The van der Waals surface area contributed by atoms with Crippen molar-refractivity contribution in [3.8, 4) is 11.4 Å². The molecule has 0 radical (unpaired) electrons. The summed E-state index contributed by atoms with van der Waals surface area (Å²) >= 11 is 5.95. The molecule has 26 heavy (non-hydrogen) atoms. The smallest absolute Gasteiger partial charge is 0.253 e. The SMILES string of the molecule is Cc1nc2nc(-c3ccc(Cl)cc3)nn2c(C)c1CC(=O)N1CCCC1. The first-order valence-electron chi connectivity index (χ1n) is 8.79. The Morgan fingerprint density at radius 3 is 2.50 bits per heavy atom. The lowest BCUT2D eigenvalue weighted by atomic mass is 10.1. The van der Waals surface area contributed by atoms with Gasteiger partial charge in [-0.15, -0.1) is 5.10 Å². The second-order valence-electron chi connectivity index (χ2n) is 6.68. The van der Waals surface area contributed by atoms with Gasteiger partial charge >= 0.3 is 0 Å². The molecule has 3 heterocycles. The average molecular weight is 370 g/mol. The van der Waals surface area contributed by atoms with Crippen LogP contribution in [0.2, 0.25) is 5.02 Å². The van der Waals surface area contributed by atoms with Crippen LogP contribution in [-0.2, 0) is 11.2 Å². The van der Waals surface area contributed by atoms with Gasteiger partial charge in [0.2, 0.25) is 5.91 Å². The monoisotopic (exact) mass is 369 g/mol. The molecule has 1 aliphatic rings. The normalized spacial score (nSPS) is 14.3. The number of fused-ring (bicyclic) bond motifs is 1. The minimum atomic E-state index is 0.160. The Bertz CT molecular complexity index is 974. The Morgan fingerprint density at radius 2 is 1.81 bits per heavy atom. The van der Waals surface area contributed by atoms with Gasteiger partial charge in [-0.05, 0) is 51.0 Å². The van der Waals surface area contributed by atoms with E-state index in [2.05, 4.69) is 15.1 Å². The molecule has 134 valence electrons. The third-order valence-corrected chi connectivity index (χ3v) is 5.19. The van der Waals surface area contributed by atoms with E-state index in [1.807, 2.05) is 43.0 Å². The predicted octanol–water partition coefficient (Wildman–Crippen LogP) is 3.23. The number of rotatable bonds is 3. The number of hydrogen-bond donors (Lipinski definition) is 0. The van der Waals surface area contributed by atoms with E-state index >= 15 is 0 Å². The number of benzene rings is 1. The molecule has 3 aromatic rings. The zero-order valence-corrected chi connectivity index (χ0v) is 15.6. The number of nitrogens with zero attached hydrogens (tertiary/aromatic N) is 5. The Morgan fingerprint density at radius 1 is 1.12 bits per heavy atom. The van der Waals surface area contributed by atoms with Gasteiger partial charge in [-0.3, -0.25) is 4.79 Å². The third kappa shape index (κ3) is 3.05. The van der Waals surface area contributed by atoms with Crippen molar-refractivity contribution in [1.29, 1.82) is 0 Å². The van der Waals surface area contributed by atoms with Crippen molar-refractivity contribution in [2.45, 2.75) is 33.1 Å². The Hall–Kier alpha value is -2.47. The van der Waals surface area contributed by atoms with Crippen LogP contribution in [0.1, 0.15) is 29.8 Å². The topological polar surface area (TPSA) is 63.4 Å². The lowest BCUT2D eigenvalue weighted by Crippen LogP contribution is -2.29. The molecule has 1 aromatic carbocycles. The lowest BCUT2D eigenvalue weighted by Gasteiger charge is -2.17. The molecule has 0 bridgehead atoms. The van der Waals surface area contributed by atoms with Crippen LogP contribution in [0, 0.1) is 13.8 Å². The van der Waals surface area contributed by atoms with E-state index in [-0.39, 0.29) is 5.91 Å². The zero-order chi connectivity index (χ0) is 18.3. The zero-order valence-electron chi connectivity index (χ0n) is 14.9. The van der Waals surface area contributed by atoms with E-state index < -0.39 is 0 Å². The number of likely N-dealkylation sites (tertiary alicyclic amines) is 1. The molecule has 1 fully saturated rings. The van der Waals surface area contributed by atoms with Gasteiger partial charge in [0.05, 0.1) is 6.42 Å². The second kappa shape index (κ2) is 6.68. The van der Waals surface area contributed by atoms with Crippen LogP contribution in [0.15, 0.2) is 24.3 Å². The molecule has 2 aromatic heterocycles. The fourth-order valence-corrected chi connectivity index (χ4v) is 3.54. The fourth-order valence-electron chi connectivity index (χ4n) is 3.42. The first-order valence-corrected chi connectivity index (χ1v) is 9.17. The van der Waals surface area contributed by atoms with E-state index in [1.54, 1.807) is 4.52 Å². The van der Waals surface area contributed by atoms with Crippen molar-refractivity contribution in [3.63, 3.8) is 0 Å². The fraction of sp³-hybridized carbons (Fsp3) is 0.368. The maximum Gasteiger partial charge on any atom is 0.253 e. The summed E-state index contributed by atoms with van der Waals surface area (Å²) in [6.45, 7) is 5.61. The van der Waals surface area contributed by atoms with Crippen molar-refractivity contribution in [1.82, 2.24) is 24.5 Å². The molecule has 1 amide bonds. The number of carbonyl (C=O) groups excluding carboxylic acids is 1. The van der Waals surface area contributed by atoms with Gasteiger partial charge in [0.25, 0.3) is 5.78 Å². The van der Waals surface area contributed by atoms with Crippen molar-refractivity contribution in [2.24, 2.45) is 0 Å². The molecule has 0 aliphatic carbocycles. The summed E-state index contributed by atoms with van der Waals surface area (Å²) in [7, 11) is 0. The summed E-state index contributed by atoms with van der Waals surface area (Å²) in [6.07, 6.45) is 2.54. The highest BCUT2D eigenvalue weighted by molar-refractivity contribution is 6.30. The van der Waals surface area contributed by atoms with Crippen LogP contribution in [0.25, 0.3) is 17.2 Å². The molecule has 0 unspecified atom stereocenters. The molecule has 4 rings (SSSR count). The summed E-state index contributed by atoms with van der Waals surface area (Å²) in [6, 6.07) is 7.40. The summed E-state index contributed by atoms with van der Waals surface area (Å²) in [5, 5.41) is 5.27. The van der Waals surface area contributed by atoms with Crippen LogP contribution in [0.5, 0.6) is 0 Å². The molecule has 0 saturated carbocycles. The van der Waals surface area contributed by atoms with Gasteiger partial charge in [0.15, 0.2) is 5.82 Å². The van der Waals surface area contributed by atoms with Crippen LogP contribution < -0.4 is 0 Å². The number of hydrogen-bond acceptors (Lipinski definition) is 4. The summed E-state index contributed by atoms with van der Waals surface area (Å²) in [5.74, 6) is 1.30. The van der Waals surface area contributed by atoms with Gasteiger partial charge in [0.1, 0.15) is 0 Å². The van der Waals surface area contributed by atoms with Crippen molar-refractivity contribution < 1.29 is 4.79 Å². The van der Waals surface area contributed by atoms with Gasteiger partial charge in [-0.1, -0.05) is 11.6 Å². The molecular formula is C19H20ClN5O. The Labute approximate surface area is 156 Å². The number of carbonyl (C=O) groups is 1. The maximum atomic E-state index is 12.6. The van der Waals surface area contributed by atoms with E-state index in [9.17, 15) is 4.79 Å². The van der Waals surface area contributed by atoms with E-state index in [0.717, 1.165) is 48.4 Å². The van der Waals surface area contributed by atoms with Crippen LogP contribution in [0.4, 0.5) is 0 Å². The Balaban J connectivity index is 1.71. The van der Waals surface area contributed by atoms with Crippen molar-refractivity contribution >= 4 is 23.3 Å². The first kappa shape index (κ1) is 17.0. The molecule has 0 atom stereocenters. The van der Waals surface area contributed by atoms with Crippen LogP contribution >= 0.6 is 11.6 Å². The van der Waals surface area contributed by atoms with E-state index in [4.69, 9.17) is 11.6 Å². The predicted molar refractivity (Wildman–Crippen MR) is 100 cm³/mol. The van der Waals surface area contributed by atoms with Gasteiger partial charge in [-0.2, -0.15) is 4.98 Å². The molecular weight excluding hydrogens is 350 g/mol. The van der Waals surface area contributed by atoms with Gasteiger partial charge in [-0.25, -0.2) is 9.50 Å². The number of halogens is 1. The van der Waals surface area contributed by atoms with E-state index in [0.29, 0.717) is 23.0 Å². The van der Waals surface area contributed by atoms with Crippen molar-refractivity contribution in [3.05, 3.63) is 46.2 Å². The summed E-state index contributed by atoms with van der Waals surface area (Å²) in [4.78, 5) is 23.6. The summed E-state index contributed by atoms with van der Waals surface area (Å²) in [5.41, 5.74) is 3.55. The molecule has 0 spiro atoms. The van der Waals surface area contributed by atoms with Gasteiger partial charge in [0, 0.05) is 40.6 Å². The molecule has 6 nitrogen and oxygen atoms in total. The molecule has 7 heteroatoms. The molecule has 0 N–H and O–H groups in total. The highest BCUT2D eigenvalue weighted by atomic mass is 35.5. The quantitative estimate of drug-likeness (QED) is 0.711. The van der Waals surface area contributed by atoms with E-state index in [1.165, 1.54) is 0 Å². The second-order valence-corrected chi connectivity index (χ2v) is 7.12. The Kier molecular flexibility index (Phi) is 4.36. The van der Waals surface area contributed by atoms with Crippen LogP contribution in [-0.4, -0.2) is 43.5 Å². The van der Waals surface area contributed by atoms with Crippen molar-refractivity contribution in [2.75, 3.05) is 13.1 Å². The highest BCUT2D eigenvalue weighted by Gasteiger charge is 2.21. The maximum absolute atomic E-state index is 12.6. The number of aryl methyl sites for hydroxylation is 2. The van der Waals surface area contributed by atoms with Crippen LogP contribution in [0.3, 0.4) is 0 Å². The number of aromatic nitrogens is 4. The van der Waals surface area contributed by atoms with Gasteiger partial charge < -0.3 is 4.90 Å². The number of amides is 1. The standard InChI is InChI=1S/C19H20ClN5O/c1-12-16(11-17(26)24-9-3-4-10-24)13(2)25-19(21-12)22-18(23-25)14-5-7-15(20)8-6-14/h5-8H,3-4,9-11H2,1-2H3. The minimum Gasteiger partial charge on any atom is -0.342 e. The lowest BCUT2D eigenvalue weighted by molar-refractivity contribution is -0.129. The summed E-state index contributed by atoms with van der Waals surface area (Å²) < 4.78 is 1.73. The minimum absolute atomic E-state index is 0.160. The largest absolute Gasteiger partial charge is 0.342 e. The third-order valence-electron chi connectivity index (χ3n) is 4.94. The average Bonchev–Trinajstić information content (AvgIpc) is 3.29. The first-order chi connectivity index (χ1) is 12.5. The molecule has 1 saturated heterocycles. The highest BCUT2D eigenvalue weighted by Crippen LogP contribution is 2.21.